The topological polar surface area (TPSA) is 90.5 Å². The molecule has 7 heteroatoms. The molecule has 0 radical (unpaired) electrons. The van der Waals surface area contributed by atoms with E-state index in [1.54, 1.807) is 60.5 Å². The summed E-state index contributed by atoms with van der Waals surface area (Å²) in [6, 6.07) is 23.9. The molecule has 3 N–H and O–H groups in total. The van der Waals surface area contributed by atoms with Crippen molar-refractivity contribution in [1.29, 1.82) is 0 Å². The van der Waals surface area contributed by atoms with Crippen LogP contribution in [0.25, 0.3) is 0 Å². The van der Waals surface area contributed by atoms with Crippen molar-refractivity contribution < 1.29 is 14.4 Å². The lowest BCUT2D eigenvalue weighted by atomic mass is 10.1. The average Bonchev–Trinajstić information content (AvgIpc) is 2.84. The molecule has 0 aliphatic rings. The smallest absolute Gasteiger partial charge is 0.253 e. The van der Waals surface area contributed by atoms with Crippen molar-refractivity contribution in [3.63, 3.8) is 0 Å². The summed E-state index contributed by atoms with van der Waals surface area (Å²) < 4.78 is 0. The summed E-state index contributed by atoms with van der Waals surface area (Å²) in [5, 5.41) is 8.70. The van der Waals surface area contributed by atoms with Gasteiger partial charge in [-0.1, -0.05) is 43.3 Å². The van der Waals surface area contributed by atoms with Crippen LogP contribution in [0, 0.1) is 0 Å². The molecule has 0 bridgehead atoms. The Hall–Kier alpha value is -4.13. The van der Waals surface area contributed by atoms with Gasteiger partial charge in [0, 0.05) is 42.6 Å². The van der Waals surface area contributed by atoms with Crippen molar-refractivity contribution in [3.8, 4) is 0 Å². The third-order valence-electron chi connectivity index (χ3n) is 5.10. The van der Waals surface area contributed by atoms with Gasteiger partial charge >= 0.3 is 0 Å². The number of nitrogens with one attached hydrogen (secondary N) is 3. The van der Waals surface area contributed by atoms with E-state index in [0.29, 0.717) is 29.9 Å². The first-order chi connectivity index (χ1) is 16.4. The minimum atomic E-state index is -0.234. The molecule has 0 fully saturated rings. The zero-order valence-electron chi connectivity index (χ0n) is 19.5. The third kappa shape index (κ3) is 7.48. The van der Waals surface area contributed by atoms with Gasteiger partial charge in [-0.15, -0.1) is 0 Å². The van der Waals surface area contributed by atoms with Crippen molar-refractivity contribution in [2.45, 2.75) is 26.3 Å². The van der Waals surface area contributed by atoms with Crippen LogP contribution in [0.3, 0.4) is 0 Å². The Morgan fingerprint density at radius 1 is 0.765 bits per heavy atom. The summed E-state index contributed by atoms with van der Waals surface area (Å²) >= 11 is 0. The number of nitrogens with zero attached hydrogens (tertiary/aromatic N) is 1. The summed E-state index contributed by atoms with van der Waals surface area (Å²) in [6.45, 7) is 2.52. The van der Waals surface area contributed by atoms with Gasteiger partial charge in [0.1, 0.15) is 0 Å². The highest BCUT2D eigenvalue weighted by molar-refractivity contribution is 5.98. The van der Waals surface area contributed by atoms with Crippen LogP contribution in [-0.4, -0.2) is 36.2 Å². The number of rotatable bonds is 10. The number of carbonyl (C=O) groups is 3. The number of carbonyl (C=O) groups excluding carboxylic acids is 3. The van der Waals surface area contributed by atoms with Crippen LogP contribution in [0.2, 0.25) is 0 Å². The highest BCUT2D eigenvalue weighted by Crippen LogP contribution is 2.16. The van der Waals surface area contributed by atoms with E-state index in [4.69, 9.17) is 0 Å². The molecule has 0 saturated carbocycles. The normalized spacial score (nSPS) is 10.3. The van der Waals surface area contributed by atoms with E-state index in [-0.39, 0.29) is 24.3 Å². The van der Waals surface area contributed by atoms with E-state index in [1.165, 1.54) is 0 Å². The number of benzene rings is 3. The van der Waals surface area contributed by atoms with Crippen LogP contribution in [0.15, 0.2) is 78.9 Å². The summed E-state index contributed by atoms with van der Waals surface area (Å²) in [7, 11) is 1.75. The quantitative estimate of drug-likeness (QED) is 0.409. The maximum Gasteiger partial charge on any atom is 0.253 e. The Labute approximate surface area is 200 Å². The van der Waals surface area contributed by atoms with E-state index in [9.17, 15) is 14.4 Å². The first kappa shape index (κ1) is 24.5. The van der Waals surface area contributed by atoms with Crippen molar-refractivity contribution in [2.24, 2.45) is 0 Å². The zero-order valence-corrected chi connectivity index (χ0v) is 19.5. The van der Waals surface area contributed by atoms with Crippen LogP contribution in [0.4, 0.5) is 17.1 Å². The molecule has 0 unspecified atom stereocenters. The highest BCUT2D eigenvalue weighted by atomic mass is 16.2. The van der Waals surface area contributed by atoms with Crippen LogP contribution < -0.4 is 16.0 Å². The molecule has 3 amide bonds. The molecule has 7 nitrogen and oxygen atoms in total. The molecule has 176 valence electrons. The van der Waals surface area contributed by atoms with Crippen LogP contribution >= 0.6 is 0 Å². The molecular weight excluding hydrogens is 428 g/mol. The molecular formula is C27H30N4O3. The minimum Gasteiger partial charge on any atom is -0.376 e. The Balaban J connectivity index is 1.51. The second-order valence-corrected chi connectivity index (χ2v) is 8.00. The number of amides is 3. The molecule has 34 heavy (non-hydrogen) atoms. The van der Waals surface area contributed by atoms with Crippen molar-refractivity contribution in [3.05, 3.63) is 90.0 Å². The fourth-order valence-electron chi connectivity index (χ4n) is 3.39. The van der Waals surface area contributed by atoms with Crippen LogP contribution in [0.1, 0.15) is 35.7 Å². The van der Waals surface area contributed by atoms with Gasteiger partial charge in [0.05, 0.1) is 6.54 Å². The van der Waals surface area contributed by atoms with Gasteiger partial charge in [-0.3, -0.25) is 14.4 Å². The van der Waals surface area contributed by atoms with E-state index in [2.05, 4.69) is 16.0 Å². The molecule has 3 aromatic rings. The molecule has 0 aliphatic heterocycles. The summed E-state index contributed by atoms with van der Waals surface area (Å²) in [5.74, 6) is -0.374. The molecule has 0 atom stereocenters. The van der Waals surface area contributed by atoms with Crippen molar-refractivity contribution >= 4 is 34.8 Å². The lowest BCUT2D eigenvalue weighted by Crippen LogP contribution is -2.26. The Kier molecular flexibility index (Phi) is 8.80. The summed E-state index contributed by atoms with van der Waals surface area (Å²) in [6.07, 6.45) is 1.28. The zero-order chi connectivity index (χ0) is 24.3. The predicted octanol–water partition coefficient (Wildman–Crippen LogP) is 4.75. The molecule has 0 aliphatic carbocycles. The van der Waals surface area contributed by atoms with Gasteiger partial charge in [-0.05, 0) is 54.4 Å². The Morgan fingerprint density at radius 3 is 2.15 bits per heavy atom. The average molecular weight is 459 g/mol. The van der Waals surface area contributed by atoms with Crippen molar-refractivity contribution in [1.82, 2.24) is 4.90 Å². The van der Waals surface area contributed by atoms with Crippen LogP contribution in [-0.2, 0) is 16.1 Å². The van der Waals surface area contributed by atoms with Crippen LogP contribution in [0.5, 0.6) is 0 Å². The van der Waals surface area contributed by atoms with Gasteiger partial charge in [-0.2, -0.15) is 0 Å². The molecule has 0 heterocycles. The fourth-order valence-corrected chi connectivity index (χ4v) is 3.39. The number of anilines is 3. The molecule has 0 spiro atoms. The van der Waals surface area contributed by atoms with Crippen molar-refractivity contribution in [2.75, 3.05) is 29.5 Å². The lowest BCUT2D eigenvalue weighted by Gasteiger charge is -2.18. The van der Waals surface area contributed by atoms with E-state index < -0.39 is 0 Å². The monoisotopic (exact) mass is 458 g/mol. The van der Waals surface area contributed by atoms with Gasteiger partial charge < -0.3 is 20.9 Å². The second-order valence-electron chi connectivity index (χ2n) is 8.00. The first-order valence-electron chi connectivity index (χ1n) is 11.3. The third-order valence-corrected chi connectivity index (χ3v) is 5.10. The number of hydrogen-bond acceptors (Lipinski definition) is 4. The minimum absolute atomic E-state index is 0.0189. The number of hydrogen-bond donors (Lipinski definition) is 3. The van der Waals surface area contributed by atoms with Gasteiger partial charge in [0.25, 0.3) is 5.91 Å². The van der Waals surface area contributed by atoms with E-state index >= 15 is 0 Å². The standard InChI is InChI=1S/C27H30N4O3/c1-3-8-25(32)29-23-15-13-22(14-16-23)28-18-26(33)30-24-12-7-11-21(17-24)27(34)31(2)19-20-9-5-4-6-10-20/h4-7,9-17,28H,3,8,18-19H2,1-2H3,(H,29,32)(H,30,33). The second kappa shape index (κ2) is 12.2. The summed E-state index contributed by atoms with van der Waals surface area (Å²) in [5.41, 5.74) is 3.58. The molecule has 0 aromatic heterocycles. The summed E-state index contributed by atoms with van der Waals surface area (Å²) in [4.78, 5) is 38.5. The molecule has 0 saturated heterocycles. The van der Waals surface area contributed by atoms with E-state index in [1.807, 2.05) is 37.3 Å². The maximum absolute atomic E-state index is 12.8. The van der Waals surface area contributed by atoms with Gasteiger partial charge in [-0.25, -0.2) is 0 Å². The lowest BCUT2D eigenvalue weighted by molar-refractivity contribution is -0.116. The van der Waals surface area contributed by atoms with Gasteiger partial charge in [0.15, 0.2) is 0 Å². The molecule has 3 rings (SSSR count). The maximum atomic E-state index is 12.8. The largest absolute Gasteiger partial charge is 0.376 e. The highest BCUT2D eigenvalue weighted by Gasteiger charge is 2.13. The Bertz CT molecular complexity index is 1110. The van der Waals surface area contributed by atoms with Gasteiger partial charge in [0.2, 0.25) is 11.8 Å². The fraction of sp³-hybridized carbons (Fsp3) is 0.222. The molecule has 3 aromatic carbocycles. The Morgan fingerprint density at radius 2 is 1.44 bits per heavy atom. The predicted molar refractivity (Wildman–Crippen MR) is 136 cm³/mol. The first-order valence-corrected chi connectivity index (χ1v) is 11.3. The SMILES string of the molecule is CCCC(=O)Nc1ccc(NCC(=O)Nc2cccc(C(=O)N(C)Cc3ccccc3)c2)cc1. The van der Waals surface area contributed by atoms with E-state index in [0.717, 1.165) is 17.7 Å².